The smallest absolute Gasteiger partial charge is 0.0914 e. The van der Waals surface area contributed by atoms with E-state index < -0.39 is 6.10 Å². The van der Waals surface area contributed by atoms with Crippen molar-refractivity contribution in [1.29, 1.82) is 0 Å². The molecule has 114 valence electrons. The molecule has 0 radical (unpaired) electrons. The van der Waals surface area contributed by atoms with Crippen molar-refractivity contribution >= 4 is 11.6 Å². The second-order valence-electron chi connectivity index (χ2n) is 5.57. The van der Waals surface area contributed by atoms with Crippen LogP contribution in [0.25, 0.3) is 0 Å². The summed E-state index contributed by atoms with van der Waals surface area (Å²) < 4.78 is 1.84. The van der Waals surface area contributed by atoms with E-state index >= 15 is 0 Å². The zero-order valence-corrected chi connectivity index (χ0v) is 13.4. The molecule has 0 saturated heterocycles. The molecular weight excluding hydrogens is 286 g/mol. The standard InChI is InChI=1S/C16H22ClN3O/c1-11(2)16-13(10-20(3)19-16)8-18-9-15(21)12-4-6-14(17)7-5-12/h4-7,10-11,15,18,21H,8-9H2,1-3H3/t15-/m1/s1. The fourth-order valence-electron chi connectivity index (χ4n) is 2.32. The number of halogens is 1. The van der Waals surface area contributed by atoms with Crippen LogP contribution in [0.3, 0.4) is 0 Å². The highest BCUT2D eigenvalue weighted by Gasteiger charge is 2.12. The van der Waals surface area contributed by atoms with Crippen molar-refractivity contribution < 1.29 is 5.11 Å². The number of aryl methyl sites for hydroxylation is 1. The third-order valence-electron chi connectivity index (χ3n) is 3.39. The molecule has 1 aromatic heterocycles. The van der Waals surface area contributed by atoms with E-state index in [1.54, 1.807) is 12.1 Å². The minimum atomic E-state index is -0.540. The largest absolute Gasteiger partial charge is 0.387 e. The molecule has 0 saturated carbocycles. The number of hydrogen-bond acceptors (Lipinski definition) is 3. The lowest BCUT2D eigenvalue weighted by Crippen LogP contribution is -2.21. The summed E-state index contributed by atoms with van der Waals surface area (Å²) in [5.74, 6) is 0.393. The quantitative estimate of drug-likeness (QED) is 0.862. The number of nitrogens with zero attached hydrogens (tertiary/aromatic N) is 2. The van der Waals surface area contributed by atoms with Gasteiger partial charge in [-0.2, -0.15) is 5.10 Å². The summed E-state index contributed by atoms with van der Waals surface area (Å²) >= 11 is 5.84. The van der Waals surface area contributed by atoms with Crippen LogP contribution < -0.4 is 5.32 Å². The van der Waals surface area contributed by atoms with Crippen molar-refractivity contribution in [3.8, 4) is 0 Å². The molecule has 4 nitrogen and oxygen atoms in total. The van der Waals surface area contributed by atoms with Crippen LogP contribution in [-0.2, 0) is 13.6 Å². The topological polar surface area (TPSA) is 50.1 Å². The number of aliphatic hydroxyl groups is 1. The van der Waals surface area contributed by atoms with Gasteiger partial charge in [0.25, 0.3) is 0 Å². The first-order valence-electron chi connectivity index (χ1n) is 7.14. The summed E-state index contributed by atoms with van der Waals surface area (Å²) in [4.78, 5) is 0. The maximum atomic E-state index is 10.1. The van der Waals surface area contributed by atoms with Crippen LogP contribution in [0.5, 0.6) is 0 Å². The van der Waals surface area contributed by atoms with Gasteiger partial charge in [-0.1, -0.05) is 37.6 Å². The Hall–Kier alpha value is -1.36. The Morgan fingerprint density at radius 3 is 2.57 bits per heavy atom. The van der Waals surface area contributed by atoms with Crippen molar-refractivity contribution in [1.82, 2.24) is 15.1 Å². The molecule has 0 aliphatic carbocycles. The summed E-state index contributed by atoms with van der Waals surface area (Å²) in [5.41, 5.74) is 3.14. The van der Waals surface area contributed by atoms with Crippen LogP contribution in [0, 0.1) is 0 Å². The van der Waals surface area contributed by atoms with Gasteiger partial charge in [0.05, 0.1) is 11.8 Å². The molecule has 0 aliphatic rings. The maximum absolute atomic E-state index is 10.1. The molecule has 0 aliphatic heterocycles. The van der Waals surface area contributed by atoms with Crippen molar-refractivity contribution in [3.05, 3.63) is 52.3 Å². The fourth-order valence-corrected chi connectivity index (χ4v) is 2.45. The lowest BCUT2D eigenvalue weighted by atomic mass is 10.1. The molecule has 0 spiro atoms. The number of nitrogens with one attached hydrogen (secondary N) is 1. The lowest BCUT2D eigenvalue weighted by molar-refractivity contribution is 0.174. The van der Waals surface area contributed by atoms with E-state index in [4.69, 9.17) is 11.6 Å². The lowest BCUT2D eigenvalue weighted by Gasteiger charge is -2.13. The molecular formula is C16H22ClN3O. The fraction of sp³-hybridized carbons (Fsp3) is 0.438. The van der Waals surface area contributed by atoms with Gasteiger partial charge in [-0.25, -0.2) is 0 Å². The van der Waals surface area contributed by atoms with Crippen LogP contribution in [0.15, 0.2) is 30.5 Å². The van der Waals surface area contributed by atoms with Gasteiger partial charge in [-0.3, -0.25) is 4.68 Å². The molecule has 0 bridgehead atoms. The SMILES string of the molecule is CC(C)c1nn(C)cc1CNC[C@@H](O)c1ccc(Cl)cc1. The minimum Gasteiger partial charge on any atom is -0.387 e. The Balaban J connectivity index is 1.91. The summed E-state index contributed by atoms with van der Waals surface area (Å²) in [7, 11) is 1.93. The van der Waals surface area contributed by atoms with Crippen molar-refractivity contribution in [2.45, 2.75) is 32.4 Å². The second-order valence-corrected chi connectivity index (χ2v) is 6.00. The Bertz CT molecular complexity index is 578. The van der Waals surface area contributed by atoms with E-state index in [-0.39, 0.29) is 0 Å². The number of aliphatic hydroxyl groups excluding tert-OH is 1. The second kappa shape index (κ2) is 7.07. The van der Waals surface area contributed by atoms with Gasteiger partial charge < -0.3 is 10.4 Å². The normalized spacial score (nSPS) is 12.9. The first-order chi connectivity index (χ1) is 9.97. The average molecular weight is 308 g/mol. The number of benzene rings is 1. The van der Waals surface area contributed by atoms with Crippen LogP contribution in [0.1, 0.15) is 42.7 Å². The molecule has 21 heavy (non-hydrogen) atoms. The first kappa shape index (κ1) is 16.0. The summed E-state index contributed by atoms with van der Waals surface area (Å²) in [6, 6.07) is 7.27. The molecule has 0 amide bonds. The van der Waals surface area contributed by atoms with Gasteiger partial charge in [-0.05, 0) is 23.6 Å². The maximum Gasteiger partial charge on any atom is 0.0914 e. The van der Waals surface area contributed by atoms with Crippen molar-refractivity contribution in [3.63, 3.8) is 0 Å². The summed E-state index contributed by atoms with van der Waals surface area (Å²) in [6.07, 6.45) is 1.48. The molecule has 2 aromatic rings. The molecule has 0 fully saturated rings. The molecule has 5 heteroatoms. The highest BCUT2D eigenvalue weighted by atomic mass is 35.5. The van der Waals surface area contributed by atoms with E-state index in [1.807, 2.05) is 30.1 Å². The minimum absolute atomic E-state index is 0.393. The van der Waals surface area contributed by atoms with E-state index in [0.717, 1.165) is 11.3 Å². The molecule has 1 heterocycles. The predicted octanol–water partition coefficient (Wildman–Crippen LogP) is 3.02. The van der Waals surface area contributed by atoms with E-state index in [2.05, 4.69) is 24.3 Å². The Labute approximate surface area is 130 Å². The van der Waals surface area contributed by atoms with Gasteiger partial charge in [0.2, 0.25) is 0 Å². The van der Waals surface area contributed by atoms with Crippen molar-refractivity contribution in [2.75, 3.05) is 6.54 Å². The number of aromatic nitrogens is 2. The van der Waals surface area contributed by atoms with E-state index in [1.165, 1.54) is 5.56 Å². The summed E-state index contributed by atoms with van der Waals surface area (Å²) in [5, 5.41) is 18.6. The zero-order valence-electron chi connectivity index (χ0n) is 12.7. The highest BCUT2D eigenvalue weighted by molar-refractivity contribution is 6.30. The van der Waals surface area contributed by atoms with Crippen LogP contribution in [0.4, 0.5) is 0 Å². The van der Waals surface area contributed by atoms with E-state index in [9.17, 15) is 5.11 Å². The Morgan fingerprint density at radius 2 is 1.95 bits per heavy atom. The van der Waals surface area contributed by atoms with Crippen LogP contribution >= 0.6 is 11.6 Å². The number of rotatable bonds is 6. The van der Waals surface area contributed by atoms with Gasteiger partial charge in [0.15, 0.2) is 0 Å². The molecule has 0 unspecified atom stereocenters. The van der Waals surface area contributed by atoms with Gasteiger partial charge in [0, 0.05) is 36.9 Å². The monoisotopic (exact) mass is 307 g/mol. The summed E-state index contributed by atoms with van der Waals surface area (Å²) in [6.45, 7) is 5.46. The van der Waals surface area contributed by atoms with Crippen LogP contribution in [0.2, 0.25) is 5.02 Å². The number of hydrogen-bond donors (Lipinski definition) is 2. The Kier molecular flexibility index (Phi) is 5.39. The Morgan fingerprint density at radius 1 is 1.29 bits per heavy atom. The third kappa shape index (κ3) is 4.30. The van der Waals surface area contributed by atoms with Crippen molar-refractivity contribution in [2.24, 2.45) is 7.05 Å². The van der Waals surface area contributed by atoms with Gasteiger partial charge >= 0.3 is 0 Å². The zero-order chi connectivity index (χ0) is 15.4. The van der Waals surface area contributed by atoms with Gasteiger partial charge in [-0.15, -0.1) is 0 Å². The molecule has 1 aromatic carbocycles. The third-order valence-corrected chi connectivity index (χ3v) is 3.64. The average Bonchev–Trinajstić information content (AvgIpc) is 2.81. The van der Waals surface area contributed by atoms with Gasteiger partial charge in [0.1, 0.15) is 0 Å². The molecule has 2 N–H and O–H groups in total. The predicted molar refractivity (Wildman–Crippen MR) is 85.4 cm³/mol. The molecule has 2 rings (SSSR count). The van der Waals surface area contributed by atoms with Crippen LogP contribution in [-0.4, -0.2) is 21.4 Å². The first-order valence-corrected chi connectivity index (χ1v) is 7.52. The molecule has 1 atom stereocenters. The highest BCUT2D eigenvalue weighted by Crippen LogP contribution is 2.18. The van der Waals surface area contributed by atoms with E-state index in [0.29, 0.717) is 24.0 Å².